The van der Waals surface area contributed by atoms with E-state index in [2.05, 4.69) is 15.9 Å². The number of rotatable bonds is 4. The molecule has 0 N–H and O–H groups in total. The van der Waals surface area contributed by atoms with Crippen molar-refractivity contribution in [2.75, 3.05) is 6.54 Å². The summed E-state index contributed by atoms with van der Waals surface area (Å²) in [7, 11) is 0. The van der Waals surface area contributed by atoms with E-state index >= 15 is 0 Å². The second kappa shape index (κ2) is 5.95. The van der Waals surface area contributed by atoms with Crippen molar-refractivity contribution < 1.29 is 9.72 Å². The first-order chi connectivity index (χ1) is 8.40. The Labute approximate surface area is 114 Å². The van der Waals surface area contributed by atoms with Crippen molar-refractivity contribution >= 4 is 27.5 Å². The Kier molecular flexibility index (Phi) is 4.84. The second-order valence-electron chi connectivity index (χ2n) is 4.08. The van der Waals surface area contributed by atoms with Crippen LogP contribution >= 0.6 is 15.9 Å². The number of nitrogens with zero attached hydrogens (tertiary/aromatic N) is 2. The van der Waals surface area contributed by atoms with Crippen molar-refractivity contribution in [1.82, 2.24) is 4.90 Å². The van der Waals surface area contributed by atoms with E-state index in [4.69, 9.17) is 0 Å². The molecule has 0 bridgehead atoms. The monoisotopic (exact) mass is 314 g/mol. The van der Waals surface area contributed by atoms with Crippen LogP contribution in [0.1, 0.15) is 31.1 Å². The van der Waals surface area contributed by atoms with Crippen LogP contribution in [0.4, 0.5) is 5.69 Å². The molecule has 98 valence electrons. The number of amides is 1. The minimum absolute atomic E-state index is 0.0497. The summed E-state index contributed by atoms with van der Waals surface area (Å²) in [5, 5.41) is 10.8. The van der Waals surface area contributed by atoms with Crippen LogP contribution in [0.3, 0.4) is 0 Å². The lowest BCUT2D eigenvalue weighted by molar-refractivity contribution is -0.385. The molecule has 1 aromatic rings. The highest BCUT2D eigenvalue weighted by Gasteiger charge is 2.23. The van der Waals surface area contributed by atoms with Crippen LogP contribution in [0.2, 0.25) is 0 Å². The van der Waals surface area contributed by atoms with Crippen molar-refractivity contribution in [3.05, 3.63) is 38.3 Å². The molecule has 18 heavy (non-hydrogen) atoms. The van der Waals surface area contributed by atoms with Gasteiger partial charge in [0.05, 0.1) is 10.5 Å². The fourth-order valence-corrected chi connectivity index (χ4v) is 2.30. The molecule has 0 aliphatic carbocycles. The summed E-state index contributed by atoms with van der Waals surface area (Å²) in [5.74, 6) is -0.205. The highest BCUT2D eigenvalue weighted by atomic mass is 79.9. The zero-order valence-corrected chi connectivity index (χ0v) is 12.1. The normalized spacial score (nSPS) is 10.5. The van der Waals surface area contributed by atoms with Crippen molar-refractivity contribution in [3.63, 3.8) is 0 Å². The zero-order valence-electron chi connectivity index (χ0n) is 10.5. The van der Waals surface area contributed by atoms with E-state index in [0.29, 0.717) is 12.1 Å². The maximum Gasteiger partial charge on any atom is 0.284 e. The van der Waals surface area contributed by atoms with Crippen molar-refractivity contribution in [2.24, 2.45) is 0 Å². The third-order valence-electron chi connectivity index (χ3n) is 2.63. The van der Waals surface area contributed by atoms with E-state index in [9.17, 15) is 14.9 Å². The minimum atomic E-state index is -0.507. The predicted octanol–water partition coefficient (Wildman–Crippen LogP) is 3.23. The highest BCUT2D eigenvalue weighted by Crippen LogP contribution is 2.29. The molecule has 0 saturated carbocycles. The van der Waals surface area contributed by atoms with E-state index in [1.807, 2.05) is 20.8 Å². The van der Waals surface area contributed by atoms with E-state index in [0.717, 1.165) is 0 Å². The van der Waals surface area contributed by atoms with Crippen LogP contribution in [0.5, 0.6) is 0 Å². The van der Waals surface area contributed by atoms with E-state index < -0.39 is 4.92 Å². The first-order valence-electron chi connectivity index (χ1n) is 5.64. The molecular formula is C12H15BrN2O3. The average Bonchev–Trinajstić information content (AvgIpc) is 2.29. The maximum atomic E-state index is 12.3. The summed E-state index contributed by atoms with van der Waals surface area (Å²) >= 11 is 3.14. The van der Waals surface area contributed by atoms with Crippen LogP contribution in [0.15, 0.2) is 22.7 Å². The lowest BCUT2D eigenvalue weighted by Crippen LogP contribution is -2.36. The van der Waals surface area contributed by atoms with Gasteiger partial charge in [0.2, 0.25) is 0 Å². The van der Waals surface area contributed by atoms with Gasteiger partial charge in [-0.3, -0.25) is 14.9 Å². The van der Waals surface area contributed by atoms with Gasteiger partial charge in [0.25, 0.3) is 11.6 Å². The summed E-state index contributed by atoms with van der Waals surface area (Å²) in [6, 6.07) is 4.52. The average molecular weight is 315 g/mol. The molecule has 1 amide bonds. The molecule has 0 atom stereocenters. The number of nitro benzene ring substituents is 1. The Balaban J connectivity index is 3.21. The number of hydrogen-bond acceptors (Lipinski definition) is 3. The van der Waals surface area contributed by atoms with Gasteiger partial charge in [-0.15, -0.1) is 0 Å². The van der Waals surface area contributed by atoms with Gasteiger partial charge in [0.1, 0.15) is 4.47 Å². The van der Waals surface area contributed by atoms with Gasteiger partial charge in [-0.25, -0.2) is 0 Å². The van der Waals surface area contributed by atoms with Crippen LogP contribution < -0.4 is 0 Å². The highest BCUT2D eigenvalue weighted by molar-refractivity contribution is 9.10. The molecule has 0 aliphatic heterocycles. The molecule has 6 heteroatoms. The lowest BCUT2D eigenvalue weighted by atomic mass is 10.1. The van der Waals surface area contributed by atoms with Crippen LogP contribution in [-0.2, 0) is 0 Å². The van der Waals surface area contributed by atoms with Gasteiger partial charge in [0.15, 0.2) is 0 Å². The van der Waals surface area contributed by atoms with Gasteiger partial charge in [-0.05, 0) is 42.8 Å². The molecule has 0 aromatic heterocycles. The number of carbonyl (C=O) groups is 1. The molecule has 5 nitrogen and oxygen atoms in total. The molecule has 0 unspecified atom stereocenters. The topological polar surface area (TPSA) is 63.5 Å². The fraction of sp³-hybridized carbons (Fsp3) is 0.417. The lowest BCUT2D eigenvalue weighted by Gasteiger charge is -2.25. The third kappa shape index (κ3) is 2.87. The second-order valence-corrected chi connectivity index (χ2v) is 4.87. The Morgan fingerprint density at radius 2 is 2.11 bits per heavy atom. The first kappa shape index (κ1) is 14.6. The van der Waals surface area contributed by atoms with Crippen LogP contribution in [-0.4, -0.2) is 28.3 Å². The third-order valence-corrected chi connectivity index (χ3v) is 3.46. The molecule has 1 rings (SSSR count). The maximum absolute atomic E-state index is 12.3. The summed E-state index contributed by atoms with van der Waals surface area (Å²) in [5.41, 5.74) is 0.223. The summed E-state index contributed by atoms with van der Waals surface area (Å²) in [6.45, 7) is 6.26. The SMILES string of the molecule is CCN(C(=O)c1cccc([N+](=O)[O-])c1Br)C(C)C. The van der Waals surface area contributed by atoms with E-state index in [1.54, 1.807) is 11.0 Å². The summed E-state index contributed by atoms with van der Waals surface area (Å²) in [6.07, 6.45) is 0. The number of hydrogen-bond donors (Lipinski definition) is 0. The smallest absolute Gasteiger partial charge is 0.284 e. The van der Waals surface area contributed by atoms with Crippen molar-refractivity contribution in [1.29, 1.82) is 0 Å². The Morgan fingerprint density at radius 1 is 1.50 bits per heavy atom. The minimum Gasteiger partial charge on any atom is -0.336 e. The van der Waals surface area contributed by atoms with Gasteiger partial charge in [-0.1, -0.05) is 6.07 Å². The van der Waals surface area contributed by atoms with Gasteiger partial charge in [-0.2, -0.15) is 0 Å². The molecular weight excluding hydrogens is 300 g/mol. The van der Waals surface area contributed by atoms with Crippen molar-refractivity contribution in [3.8, 4) is 0 Å². The van der Waals surface area contributed by atoms with Gasteiger partial charge < -0.3 is 4.90 Å². The van der Waals surface area contributed by atoms with Crippen LogP contribution in [0.25, 0.3) is 0 Å². The summed E-state index contributed by atoms with van der Waals surface area (Å²) in [4.78, 5) is 24.3. The molecule has 1 aromatic carbocycles. The van der Waals surface area contributed by atoms with E-state index in [1.165, 1.54) is 12.1 Å². The Morgan fingerprint density at radius 3 is 2.56 bits per heavy atom. The Bertz CT molecular complexity index is 474. The number of nitro groups is 1. The molecule has 0 aliphatic rings. The first-order valence-corrected chi connectivity index (χ1v) is 6.43. The van der Waals surface area contributed by atoms with E-state index in [-0.39, 0.29) is 22.1 Å². The van der Waals surface area contributed by atoms with Crippen LogP contribution in [0, 0.1) is 10.1 Å². The molecule has 0 fully saturated rings. The largest absolute Gasteiger partial charge is 0.336 e. The molecule has 0 heterocycles. The zero-order chi connectivity index (χ0) is 13.9. The van der Waals surface area contributed by atoms with Crippen molar-refractivity contribution in [2.45, 2.75) is 26.8 Å². The Hall–Kier alpha value is -1.43. The fourth-order valence-electron chi connectivity index (χ4n) is 1.72. The standard InChI is InChI=1S/C12H15BrN2O3/c1-4-14(8(2)3)12(16)9-6-5-7-10(11(9)13)15(17)18/h5-8H,4H2,1-3H3. The number of benzene rings is 1. The van der Waals surface area contributed by atoms with Gasteiger partial charge in [0, 0.05) is 18.7 Å². The quantitative estimate of drug-likeness (QED) is 0.633. The summed E-state index contributed by atoms with van der Waals surface area (Å²) < 4.78 is 0.235. The molecule has 0 spiro atoms. The molecule has 0 radical (unpaired) electrons. The molecule has 0 saturated heterocycles. The number of halogens is 1. The van der Waals surface area contributed by atoms with Gasteiger partial charge >= 0.3 is 0 Å². The number of carbonyl (C=O) groups excluding carboxylic acids is 1. The predicted molar refractivity (Wildman–Crippen MR) is 72.6 cm³/mol.